The number of fused-ring (bicyclic) bond motifs is 1. The largest absolute Gasteiger partial charge is 0.493 e. The number of aryl methyl sites for hydroxylation is 1. The summed E-state index contributed by atoms with van der Waals surface area (Å²) in [6.45, 7) is 7.29. The molecule has 2 aromatic carbocycles. The minimum absolute atomic E-state index is 0.00115. The Morgan fingerprint density at radius 1 is 1.31 bits per heavy atom. The van der Waals surface area contributed by atoms with Crippen LogP contribution in [0.4, 0.5) is 6.01 Å². The first kappa shape index (κ1) is 19.3. The minimum Gasteiger partial charge on any atom is -0.493 e. The van der Waals surface area contributed by atoms with Crippen molar-refractivity contribution in [3.63, 3.8) is 0 Å². The fourth-order valence-corrected chi connectivity index (χ4v) is 3.96. The molecule has 6 nitrogen and oxygen atoms in total. The molecule has 1 amide bonds. The van der Waals surface area contributed by atoms with Crippen molar-refractivity contribution in [1.82, 2.24) is 9.88 Å². The molecule has 1 N–H and O–H groups in total. The molecule has 0 bridgehead atoms. The van der Waals surface area contributed by atoms with E-state index in [1.807, 2.05) is 61.2 Å². The normalized spacial score (nSPS) is 19.3. The van der Waals surface area contributed by atoms with E-state index in [0.717, 1.165) is 36.0 Å². The smallest absolute Gasteiger partial charge is 0.295 e. The van der Waals surface area contributed by atoms with E-state index in [9.17, 15) is 4.79 Å². The van der Waals surface area contributed by atoms with Crippen LogP contribution in [0, 0.1) is 6.92 Å². The molecule has 0 aliphatic carbocycles. The number of nitrogens with zero attached hydrogens (tertiary/aromatic N) is 2. The van der Waals surface area contributed by atoms with Crippen LogP contribution in [0.3, 0.4) is 0 Å². The van der Waals surface area contributed by atoms with Crippen LogP contribution >= 0.6 is 0 Å². The van der Waals surface area contributed by atoms with E-state index in [-0.39, 0.29) is 18.0 Å². The molecule has 1 saturated heterocycles. The molecule has 1 fully saturated rings. The second kappa shape index (κ2) is 8.15. The van der Waals surface area contributed by atoms with Gasteiger partial charge in [-0.3, -0.25) is 4.79 Å². The predicted octanol–water partition coefficient (Wildman–Crippen LogP) is 4.64. The third kappa shape index (κ3) is 3.92. The number of ether oxygens (including phenoxy) is 1. The number of carbonyl (C=O) groups is 1. The number of oxazole rings is 1. The van der Waals surface area contributed by atoms with Gasteiger partial charge in [0.1, 0.15) is 11.3 Å². The number of aromatic nitrogens is 1. The number of para-hydroxylation sites is 1. The third-order valence-corrected chi connectivity index (χ3v) is 5.52. The maximum atomic E-state index is 13.3. The Hall–Kier alpha value is -3.02. The molecular weight excluding hydrogens is 366 g/mol. The van der Waals surface area contributed by atoms with Crippen LogP contribution in [0.25, 0.3) is 11.1 Å². The zero-order chi connectivity index (χ0) is 20.4. The summed E-state index contributed by atoms with van der Waals surface area (Å²) >= 11 is 0. The van der Waals surface area contributed by atoms with Crippen LogP contribution in [0.15, 0.2) is 46.9 Å². The van der Waals surface area contributed by atoms with Gasteiger partial charge in [0.25, 0.3) is 11.9 Å². The van der Waals surface area contributed by atoms with Gasteiger partial charge in [0.2, 0.25) is 0 Å². The molecular formula is C23H27N3O3. The van der Waals surface area contributed by atoms with Crippen LogP contribution in [0.5, 0.6) is 5.75 Å². The zero-order valence-corrected chi connectivity index (χ0v) is 17.1. The van der Waals surface area contributed by atoms with E-state index >= 15 is 0 Å². The van der Waals surface area contributed by atoms with E-state index in [4.69, 9.17) is 9.15 Å². The lowest BCUT2D eigenvalue weighted by molar-refractivity contribution is 0.0611. The number of amides is 1. The van der Waals surface area contributed by atoms with Crippen molar-refractivity contribution < 1.29 is 13.9 Å². The van der Waals surface area contributed by atoms with Crippen LogP contribution in [-0.4, -0.2) is 41.0 Å². The maximum absolute atomic E-state index is 13.3. The summed E-state index contributed by atoms with van der Waals surface area (Å²) in [7, 11) is 0. The molecule has 4 rings (SSSR count). The Morgan fingerprint density at radius 3 is 2.97 bits per heavy atom. The highest BCUT2D eigenvalue weighted by atomic mass is 16.5. The molecule has 152 valence electrons. The Bertz CT molecular complexity index is 1010. The van der Waals surface area contributed by atoms with Gasteiger partial charge in [-0.15, -0.1) is 0 Å². The van der Waals surface area contributed by atoms with Crippen molar-refractivity contribution in [3.05, 3.63) is 53.6 Å². The molecule has 3 aromatic rings. The molecule has 1 aromatic heterocycles. The van der Waals surface area contributed by atoms with Crippen molar-refractivity contribution in [2.75, 3.05) is 18.5 Å². The lowest BCUT2D eigenvalue weighted by Crippen LogP contribution is -2.52. The lowest BCUT2D eigenvalue weighted by atomic mass is 9.96. The lowest BCUT2D eigenvalue weighted by Gasteiger charge is -2.39. The van der Waals surface area contributed by atoms with Gasteiger partial charge >= 0.3 is 0 Å². The molecule has 1 aliphatic rings. The highest BCUT2D eigenvalue weighted by Crippen LogP contribution is 2.28. The summed E-state index contributed by atoms with van der Waals surface area (Å²) in [6.07, 6.45) is 1.87. The van der Waals surface area contributed by atoms with Crippen LogP contribution in [0.1, 0.15) is 42.6 Å². The van der Waals surface area contributed by atoms with Crippen molar-refractivity contribution in [2.45, 2.75) is 45.7 Å². The number of piperidine rings is 1. The number of rotatable bonds is 5. The molecule has 0 unspecified atom stereocenters. The highest BCUT2D eigenvalue weighted by Gasteiger charge is 2.33. The number of hydrogen-bond donors (Lipinski definition) is 1. The zero-order valence-electron chi connectivity index (χ0n) is 17.1. The van der Waals surface area contributed by atoms with E-state index in [1.54, 1.807) is 0 Å². The molecule has 1 aliphatic heterocycles. The average molecular weight is 393 g/mol. The molecule has 0 saturated carbocycles. The van der Waals surface area contributed by atoms with E-state index in [0.29, 0.717) is 23.9 Å². The fraction of sp³-hybridized carbons (Fsp3) is 0.391. The molecule has 2 atom stereocenters. The standard InChI is InChI=1S/C23H27N3O3/c1-4-28-20-10-6-5-8-17(20)22(27)26-13-7-9-18(16(26)3)24-23-25-19-14-15(2)11-12-21(19)29-23/h5-6,8,10-12,14,16,18H,4,7,9,13H2,1-3H3,(H,24,25)/t16-,18+/m0/s1. The number of anilines is 1. The number of nitrogens with one attached hydrogen (secondary N) is 1. The Morgan fingerprint density at radius 2 is 2.14 bits per heavy atom. The second-order valence-electron chi connectivity index (χ2n) is 7.55. The Kier molecular flexibility index (Phi) is 5.43. The van der Waals surface area contributed by atoms with E-state index in [2.05, 4.69) is 17.2 Å². The summed E-state index contributed by atoms with van der Waals surface area (Å²) in [4.78, 5) is 19.8. The van der Waals surface area contributed by atoms with Gasteiger partial charge < -0.3 is 19.4 Å². The van der Waals surface area contributed by atoms with Gasteiger partial charge in [-0.2, -0.15) is 4.98 Å². The fourth-order valence-electron chi connectivity index (χ4n) is 3.96. The first-order valence-corrected chi connectivity index (χ1v) is 10.2. The number of hydrogen-bond acceptors (Lipinski definition) is 5. The molecule has 29 heavy (non-hydrogen) atoms. The summed E-state index contributed by atoms with van der Waals surface area (Å²) in [5.41, 5.74) is 3.36. The van der Waals surface area contributed by atoms with Crippen molar-refractivity contribution in [3.8, 4) is 5.75 Å². The number of likely N-dealkylation sites (tertiary alicyclic amines) is 1. The SMILES string of the molecule is CCOc1ccccc1C(=O)N1CCC[C@@H](Nc2nc3cc(C)ccc3o2)[C@@H]1C. The second-order valence-corrected chi connectivity index (χ2v) is 7.55. The monoisotopic (exact) mass is 393 g/mol. The van der Waals surface area contributed by atoms with Crippen LogP contribution < -0.4 is 10.1 Å². The minimum atomic E-state index is 0.00115. The first-order valence-electron chi connectivity index (χ1n) is 10.2. The quantitative estimate of drug-likeness (QED) is 0.684. The van der Waals surface area contributed by atoms with Gasteiger partial charge in [0, 0.05) is 12.6 Å². The maximum Gasteiger partial charge on any atom is 0.295 e. The average Bonchev–Trinajstić information content (AvgIpc) is 3.11. The number of carbonyl (C=O) groups excluding carboxylic acids is 1. The topological polar surface area (TPSA) is 67.6 Å². The highest BCUT2D eigenvalue weighted by molar-refractivity contribution is 5.97. The number of benzene rings is 2. The van der Waals surface area contributed by atoms with Gasteiger partial charge in [-0.1, -0.05) is 18.2 Å². The molecule has 0 spiro atoms. The first-order chi connectivity index (χ1) is 14.1. The van der Waals surface area contributed by atoms with E-state index in [1.165, 1.54) is 0 Å². The van der Waals surface area contributed by atoms with Crippen LogP contribution in [0.2, 0.25) is 0 Å². The van der Waals surface area contributed by atoms with Crippen molar-refractivity contribution in [1.29, 1.82) is 0 Å². The van der Waals surface area contributed by atoms with Crippen molar-refractivity contribution in [2.24, 2.45) is 0 Å². The summed E-state index contributed by atoms with van der Waals surface area (Å²) in [5, 5.41) is 3.41. The van der Waals surface area contributed by atoms with E-state index < -0.39 is 0 Å². The van der Waals surface area contributed by atoms with Crippen molar-refractivity contribution >= 4 is 23.0 Å². The molecule has 0 radical (unpaired) electrons. The predicted molar refractivity (Wildman–Crippen MR) is 114 cm³/mol. The van der Waals surface area contributed by atoms with Crippen LogP contribution in [-0.2, 0) is 0 Å². The molecule has 6 heteroatoms. The van der Waals surface area contributed by atoms with Gasteiger partial charge in [0.05, 0.1) is 18.2 Å². The van der Waals surface area contributed by atoms with Gasteiger partial charge in [0.15, 0.2) is 5.58 Å². The Labute approximate surface area is 170 Å². The van der Waals surface area contributed by atoms with Gasteiger partial charge in [-0.05, 0) is 63.4 Å². The Balaban J connectivity index is 1.52. The third-order valence-electron chi connectivity index (χ3n) is 5.52. The summed E-state index contributed by atoms with van der Waals surface area (Å²) < 4.78 is 11.5. The molecule has 2 heterocycles. The summed E-state index contributed by atoms with van der Waals surface area (Å²) in [6, 6.07) is 14.0. The van der Waals surface area contributed by atoms with Gasteiger partial charge in [-0.25, -0.2) is 0 Å². The summed E-state index contributed by atoms with van der Waals surface area (Å²) in [5.74, 6) is 0.637.